The largest absolute Gasteiger partial charge is 0.573 e. The van der Waals surface area contributed by atoms with Gasteiger partial charge in [0.25, 0.3) is 0 Å². The van der Waals surface area contributed by atoms with Gasteiger partial charge in [-0.15, -0.1) is 13.2 Å². The quantitative estimate of drug-likeness (QED) is 0.649. The SMILES string of the molecule is CS(=O)(=O)c1c(F)cc(C2=C(c3ccc(OC(F)(F)F)cc3)C=CC2)cc1F. The van der Waals surface area contributed by atoms with Crippen LogP contribution in [0.4, 0.5) is 22.0 Å². The molecule has 0 aliphatic heterocycles. The van der Waals surface area contributed by atoms with Crippen molar-refractivity contribution in [2.75, 3.05) is 6.26 Å². The van der Waals surface area contributed by atoms with Crippen LogP contribution >= 0.6 is 0 Å². The third kappa shape index (κ3) is 4.24. The van der Waals surface area contributed by atoms with Gasteiger partial charge in [-0.2, -0.15) is 0 Å². The standard InChI is InChI=1S/C19H13F5O3S/c1-28(25,26)18-16(20)9-12(10-17(18)21)15-4-2-3-14(15)11-5-7-13(8-6-11)27-19(22,23)24/h2-3,5-10H,4H2,1H3. The molecule has 2 aromatic rings. The lowest BCUT2D eigenvalue weighted by Crippen LogP contribution is -2.16. The first-order valence-corrected chi connectivity index (χ1v) is 9.80. The number of allylic oxidation sites excluding steroid dienone is 4. The van der Waals surface area contributed by atoms with Crippen LogP contribution in [0, 0.1) is 11.6 Å². The molecule has 0 N–H and O–H groups in total. The molecule has 3 rings (SSSR count). The third-order valence-electron chi connectivity index (χ3n) is 4.05. The topological polar surface area (TPSA) is 43.4 Å². The number of alkyl halides is 3. The predicted molar refractivity (Wildman–Crippen MR) is 93.2 cm³/mol. The lowest BCUT2D eigenvalue weighted by Gasteiger charge is -2.12. The van der Waals surface area contributed by atoms with E-state index >= 15 is 0 Å². The molecule has 0 saturated carbocycles. The fraction of sp³-hybridized carbons (Fsp3) is 0.158. The molecule has 9 heteroatoms. The number of halogens is 5. The summed E-state index contributed by atoms with van der Waals surface area (Å²) in [4.78, 5) is -1.00. The van der Waals surface area contributed by atoms with Crippen molar-refractivity contribution in [2.24, 2.45) is 0 Å². The minimum absolute atomic E-state index is 0.151. The molecule has 0 radical (unpaired) electrons. The van der Waals surface area contributed by atoms with Gasteiger partial charge in [-0.05, 0) is 53.0 Å². The first-order valence-electron chi connectivity index (χ1n) is 7.91. The van der Waals surface area contributed by atoms with Crippen LogP contribution in [0.5, 0.6) is 5.75 Å². The van der Waals surface area contributed by atoms with E-state index in [0.29, 0.717) is 29.4 Å². The Morgan fingerprint density at radius 2 is 1.54 bits per heavy atom. The fourth-order valence-electron chi connectivity index (χ4n) is 2.97. The van der Waals surface area contributed by atoms with Crippen molar-refractivity contribution in [1.82, 2.24) is 0 Å². The second-order valence-corrected chi connectivity index (χ2v) is 8.06. The van der Waals surface area contributed by atoms with Crippen molar-refractivity contribution in [3.8, 4) is 5.75 Å². The number of hydrogen-bond acceptors (Lipinski definition) is 3. The average molecular weight is 416 g/mol. The van der Waals surface area contributed by atoms with Gasteiger partial charge < -0.3 is 4.74 Å². The van der Waals surface area contributed by atoms with Crippen molar-refractivity contribution in [3.05, 3.63) is 71.3 Å². The van der Waals surface area contributed by atoms with Crippen LogP contribution < -0.4 is 4.74 Å². The summed E-state index contributed by atoms with van der Waals surface area (Å²) in [6.45, 7) is 0. The Morgan fingerprint density at radius 1 is 0.964 bits per heavy atom. The summed E-state index contributed by atoms with van der Waals surface area (Å²) in [6, 6.07) is 6.92. The van der Waals surface area contributed by atoms with Crippen LogP contribution in [0.15, 0.2) is 53.4 Å². The average Bonchev–Trinajstić information content (AvgIpc) is 3.01. The molecule has 28 heavy (non-hydrogen) atoms. The Balaban J connectivity index is 2.02. The van der Waals surface area contributed by atoms with Gasteiger partial charge >= 0.3 is 6.36 Å². The Morgan fingerprint density at radius 3 is 2.04 bits per heavy atom. The van der Waals surface area contributed by atoms with Crippen molar-refractivity contribution < 1.29 is 35.1 Å². The highest BCUT2D eigenvalue weighted by molar-refractivity contribution is 7.90. The maximum Gasteiger partial charge on any atom is 0.573 e. The monoisotopic (exact) mass is 416 g/mol. The lowest BCUT2D eigenvalue weighted by molar-refractivity contribution is -0.274. The van der Waals surface area contributed by atoms with E-state index in [9.17, 15) is 30.4 Å². The Hall–Kier alpha value is -2.68. The summed E-state index contributed by atoms with van der Waals surface area (Å²) in [5, 5.41) is 0. The van der Waals surface area contributed by atoms with Gasteiger partial charge in [0.2, 0.25) is 0 Å². The molecule has 0 heterocycles. The van der Waals surface area contributed by atoms with Crippen LogP contribution in [-0.4, -0.2) is 21.0 Å². The maximum absolute atomic E-state index is 14.2. The highest BCUT2D eigenvalue weighted by Gasteiger charge is 2.31. The summed E-state index contributed by atoms with van der Waals surface area (Å²) < 4.78 is 92.1. The predicted octanol–water partition coefficient (Wildman–Crippen LogP) is 5.14. The van der Waals surface area contributed by atoms with Crippen LogP contribution in [-0.2, 0) is 9.84 Å². The molecule has 0 unspecified atom stereocenters. The normalized spacial score (nSPS) is 14.6. The molecule has 0 amide bonds. The van der Waals surface area contributed by atoms with E-state index in [1.54, 1.807) is 12.2 Å². The summed E-state index contributed by atoms with van der Waals surface area (Å²) >= 11 is 0. The highest BCUT2D eigenvalue weighted by Crippen LogP contribution is 2.37. The Labute approximate surface area is 157 Å². The second-order valence-electron chi connectivity index (χ2n) is 6.11. The molecule has 1 aliphatic carbocycles. The van der Waals surface area contributed by atoms with E-state index in [1.807, 2.05) is 0 Å². The van der Waals surface area contributed by atoms with Gasteiger partial charge in [0.15, 0.2) is 9.84 Å². The molecule has 148 valence electrons. The molecule has 0 bridgehead atoms. The fourth-order valence-corrected chi connectivity index (χ4v) is 3.80. The first kappa shape index (κ1) is 20.1. The molecule has 0 aromatic heterocycles. The van der Waals surface area contributed by atoms with Gasteiger partial charge in [-0.3, -0.25) is 0 Å². The van der Waals surface area contributed by atoms with Crippen molar-refractivity contribution in [2.45, 2.75) is 17.7 Å². The van der Waals surface area contributed by atoms with Crippen molar-refractivity contribution in [3.63, 3.8) is 0 Å². The minimum atomic E-state index is -4.81. The summed E-state index contributed by atoms with van der Waals surface area (Å²) in [6.07, 6.45) is -0.371. The van der Waals surface area contributed by atoms with Crippen LogP contribution in [0.2, 0.25) is 0 Å². The van der Waals surface area contributed by atoms with E-state index in [4.69, 9.17) is 0 Å². The Bertz CT molecular complexity index is 1060. The maximum atomic E-state index is 14.2. The Kier molecular flexibility index (Phi) is 5.05. The third-order valence-corrected chi connectivity index (χ3v) is 5.18. The van der Waals surface area contributed by atoms with E-state index < -0.39 is 38.5 Å². The van der Waals surface area contributed by atoms with Crippen molar-refractivity contribution in [1.29, 1.82) is 0 Å². The zero-order chi connectivity index (χ0) is 20.7. The molecule has 2 aromatic carbocycles. The molecule has 0 spiro atoms. The van der Waals surface area contributed by atoms with Crippen molar-refractivity contribution >= 4 is 21.0 Å². The zero-order valence-electron chi connectivity index (χ0n) is 14.3. The minimum Gasteiger partial charge on any atom is -0.406 e. The van der Waals surface area contributed by atoms with Crippen LogP contribution in [0.25, 0.3) is 11.1 Å². The van der Waals surface area contributed by atoms with Gasteiger partial charge in [0.05, 0.1) is 0 Å². The lowest BCUT2D eigenvalue weighted by atomic mass is 9.96. The number of benzene rings is 2. The number of hydrogen-bond donors (Lipinski definition) is 0. The van der Waals surface area contributed by atoms with Crippen LogP contribution in [0.3, 0.4) is 0 Å². The summed E-state index contributed by atoms with van der Waals surface area (Å²) in [7, 11) is -4.08. The first-order chi connectivity index (χ1) is 13.0. The second kappa shape index (κ2) is 7.05. The molecule has 0 saturated heterocycles. The molecule has 1 aliphatic rings. The summed E-state index contributed by atoms with van der Waals surface area (Å²) in [5.41, 5.74) is 1.75. The van der Waals surface area contributed by atoms with E-state index in [1.165, 1.54) is 12.1 Å². The molecular formula is C19H13F5O3S. The number of sulfone groups is 1. The molecule has 3 nitrogen and oxygen atoms in total. The van der Waals surface area contributed by atoms with Gasteiger partial charge in [0, 0.05) is 6.26 Å². The van der Waals surface area contributed by atoms with Crippen LogP contribution in [0.1, 0.15) is 17.5 Å². The molecule has 0 fully saturated rings. The van der Waals surface area contributed by atoms with Gasteiger partial charge in [0.1, 0.15) is 22.3 Å². The van der Waals surface area contributed by atoms with Gasteiger partial charge in [-0.25, -0.2) is 17.2 Å². The van der Waals surface area contributed by atoms with E-state index in [-0.39, 0.29) is 5.56 Å². The number of ether oxygens (including phenoxy) is 1. The number of rotatable bonds is 4. The molecule has 0 atom stereocenters. The summed E-state index contributed by atoms with van der Waals surface area (Å²) in [5.74, 6) is -2.80. The molecular weight excluding hydrogens is 403 g/mol. The highest BCUT2D eigenvalue weighted by atomic mass is 32.2. The van der Waals surface area contributed by atoms with E-state index in [0.717, 1.165) is 24.3 Å². The van der Waals surface area contributed by atoms with Gasteiger partial charge in [-0.1, -0.05) is 24.3 Å². The zero-order valence-corrected chi connectivity index (χ0v) is 15.2. The van der Waals surface area contributed by atoms with E-state index in [2.05, 4.69) is 4.74 Å². The smallest absolute Gasteiger partial charge is 0.406 e.